The Bertz CT molecular complexity index is 1640. The molecule has 0 radical (unpaired) electrons. The number of imide groups is 1. The van der Waals surface area contributed by atoms with Gasteiger partial charge in [0.25, 0.3) is 11.1 Å². The van der Waals surface area contributed by atoms with Gasteiger partial charge in [-0.05, 0) is 86.1 Å². The lowest BCUT2D eigenvalue weighted by Crippen LogP contribution is -2.27. The predicted octanol–water partition coefficient (Wildman–Crippen LogP) is 7.14. The first-order valence-electron chi connectivity index (χ1n) is 11.7. The van der Waals surface area contributed by atoms with Gasteiger partial charge in [-0.3, -0.25) is 14.5 Å². The van der Waals surface area contributed by atoms with E-state index in [1.54, 1.807) is 43.5 Å². The van der Waals surface area contributed by atoms with E-state index in [2.05, 4.69) is 46.9 Å². The Morgan fingerprint density at radius 1 is 1.00 bits per heavy atom. The molecule has 188 valence electrons. The number of carbonyl (C=O) groups is 2. The van der Waals surface area contributed by atoms with Crippen molar-refractivity contribution in [2.24, 2.45) is 0 Å². The zero-order valence-corrected chi connectivity index (χ0v) is 23.3. The Labute approximate surface area is 238 Å². The number of rotatable bonds is 7. The molecule has 4 aromatic carbocycles. The first-order chi connectivity index (χ1) is 18.5. The molecule has 1 fully saturated rings. The Balaban J connectivity index is 1.37. The summed E-state index contributed by atoms with van der Waals surface area (Å²) in [4.78, 5) is 27.2. The molecule has 0 aliphatic carbocycles. The second-order valence-electron chi connectivity index (χ2n) is 8.50. The van der Waals surface area contributed by atoms with Crippen molar-refractivity contribution in [1.29, 1.82) is 5.26 Å². The van der Waals surface area contributed by atoms with E-state index in [9.17, 15) is 14.9 Å². The number of carbonyl (C=O) groups excluding carboxylic acids is 2. The largest absolute Gasteiger partial charge is 0.493 e. The molecule has 0 unspecified atom stereocenters. The van der Waals surface area contributed by atoms with Crippen molar-refractivity contribution in [3.8, 4) is 17.6 Å². The quantitative estimate of drug-likeness (QED) is 0.159. The van der Waals surface area contributed by atoms with Crippen LogP contribution in [0.1, 0.15) is 22.3 Å². The van der Waals surface area contributed by atoms with Crippen molar-refractivity contribution < 1.29 is 19.1 Å². The van der Waals surface area contributed by atoms with Crippen LogP contribution in [-0.4, -0.2) is 23.2 Å². The summed E-state index contributed by atoms with van der Waals surface area (Å²) in [5, 5.41) is 11.3. The van der Waals surface area contributed by atoms with E-state index in [4.69, 9.17) is 9.47 Å². The molecule has 6 nitrogen and oxygen atoms in total. The average molecular weight is 632 g/mol. The summed E-state index contributed by atoms with van der Waals surface area (Å²) in [5.74, 6) is 0.753. The monoisotopic (exact) mass is 632 g/mol. The second kappa shape index (κ2) is 11.3. The van der Waals surface area contributed by atoms with E-state index in [1.807, 2.05) is 30.3 Å². The number of benzene rings is 4. The maximum Gasteiger partial charge on any atom is 0.293 e. The number of methoxy groups -OCH3 is 1. The van der Waals surface area contributed by atoms with Gasteiger partial charge in [0, 0.05) is 0 Å². The minimum Gasteiger partial charge on any atom is -0.493 e. The third-order valence-corrected chi connectivity index (χ3v) is 7.85. The molecular weight excluding hydrogens is 611 g/mol. The van der Waals surface area contributed by atoms with Crippen LogP contribution in [0.3, 0.4) is 0 Å². The number of halogens is 1. The van der Waals surface area contributed by atoms with Gasteiger partial charge >= 0.3 is 0 Å². The molecule has 5 rings (SSSR count). The summed E-state index contributed by atoms with van der Waals surface area (Å²) in [6.07, 6.45) is 1.68. The van der Waals surface area contributed by atoms with Gasteiger partial charge in [-0.1, -0.05) is 60.7 Å². The van der Waals surface area contributed by atoms with Gasteiger partial charge in [0.2, 0.25) is 0 Å². The number of ether oxygens (including phenoxy) is 2. The number of nitrogens with zero attached hydrogens (tertiary/aromatic N) is 2. The molecule has 8 heteroatoms. The third-order valence-electron chi connectivity index (χ3n) is 6.14. The molecule has 0 aromatic heterocycles. The standard InChI is InChI=1S/C30H21IN2O4S/c1-36-26-14-19(13-25(31)28(26)37-18-23-11-6-10-20-7-4-5-12-24(20)23)15-27-29(34)33(30(35)38-27)17-22-9-3-2-8-21(22)16-32/h2-15H,17-18H2,1H3/b27-15+. The van der Waals surface area contributed by atoms with Gasteiger partial charge in [-0.15, -0.1) is 0 Å². The first kappa shape index (κ1) is 25.8. The van der Waals surface area contributed by atoms with Crippen LogP contribution in [0, 0.1) is 14.9 Å². The first-order valence-corrected chi connectivity index (χ1v) is 13.6. The molecule has 1 aliphatic rings. The zero-order chi connectivity index (χ0) is 26.6. The molecule has 1 saturated heterocycles. The molecule has 38 heavy (non-hydrogen) atoms. The predicted molar refractivity (Wildman–Crippen MR) is 157 cm³/mol. The van der Waals surface area contributed by atoms with Crippen molar-refractivity contribution in [2.75, 3.05) is 7.11 Å². The van der Waals surface area contributed by atoms with Gasteiger partial charge in [-0.2, -0.15) is 5.26 Å². The maximum atomic E-state index is 13.1. The molecular formula is C30H21IN2O4S. The summed E-state index contributed by atoms with van der Waals surface area (Å²) in [6.45, 7) is 0.420. The number of amides is 2. The highest BCUT2D eigenvalue weighted by Crippen LogP contribution is 2.38. The van der Waals surface area contributed by atoms with Crippen molar-refractivity contribution in [1.82, 2.24) is 4.90 Å². The fourth-order valence-corrected chi connectivity index (χ4v) is 5.88. The SMILES string of the molecule is COc1cc(/C=C2/SC(=O)N(Cc3ccccc3C#N)C2=O)cc(I)c1OCc1cccc2ccccc12. The Morgan fingerprint density at radius 2 is 1.74 bits per heavy atom. The van der Waals surface area contributed by atoms with Crippen LogP contribution in [0.25, 0.3) is 16.8 Å². The smallest absolute Gasteiger partial charge is 0.293 e. The van der Waals surface area contributed by atoms with Crippen LogP contribution in [-0.2, 0) is 17.9 Å². The Kier molecular flexibility index (Phi) is 7.67. The minimum absolute atomic E-state index is 0.0491. The molecule has 0 bridgehead atoms. The lowest BCUT2D eigenvalue weighted by molar-refractivity contribution is -0.123. The number of nitriles is 1. The lowest BCUT2D eigenvalue weighted by Gasteiger charge is -2.15. The van der Waals surface area contributed by atoms with E-state index in [1.165, 1.54) is 0 Å². The van der Waals surface area contributed by atoms with Crippen LogP contribution in [0.15, 0.2) is 83.8 Å². The molecule has 0 spiro atoms. The molecule has 0 N–H and O–H groups in total. The van der Waals surface area contributed by atoms with E-state index in [-0.39, 0.29) is 11.8 Å². The molecule has 2 amide bonds. The topological polar surface area (TPSA) is 79.6 Å². The molecule has 0 saturated carbocycles. The fraction of sp³-hybridized carbons (Fsp3) is 0.100. The van der Waals surface area contributed by atoms with Gasteiger partial charge in [0.05, 0.1) is 33.8 Å². The van der Waals surface area contributed by atoms with Crippen LogP contribution < -0.4 is 9.47 Å². The minimum atomic E-state index is -0.391. The number of thioether (sulfide) groups is 1. The van der Waals surface area contributed by atoms with Gasteiger partial charge < -0.3 is 9.47 Å². The summed E-state index contributed by atoms with van der Waals surface area (Å²) < 4.78 is 12.6. The van der Waals surface area contributed by atoms with Crippen molar-refractivity contribution in [2.45, 2.75) is 13.2 Å². The summed E-state index contributed by atoms with van der Waals surface area (Å²) in [6, 6.07) is 27.0. The van der Waals surface area contributed by atoms with E-state index in [0.29, 0.717) is 39.7 Å². The molecule has 1 heterocycles. The number of hydrogen-bond acceptors (Lipinski definition) is 6. The van der Waals surface area contributed by atoms with Gasteiger partial charge in [0.15, 0.2) is 11.5 Å². The summed E-state index contributed by atoms with van der Waals surface area (Å²) in [5.41, 5.74) is 2.85. The number of hydrogen-bond donors (Lipinski definition) is 0. The van der Waals surface area contributed by atoms with Crippen molar-refractivity contribution >= 4 is 62.3 Å². The molecule has 0 atom stereocenters. The highest BCUT2D eigenvalue weighted by Gasteiger charge is 2.35. The Hall–Kier alpha value is -3.81. The highest BCUT2D eigenvalue weighted by molar-refractivity contribution is 14.1. The van der Waals surface area contributed by atoms with Crippen LogP contribution in [0.2, 0.25) is 0 Å². The Morgan fingerprint density at radius 3 is 2.55 bits per heavy atom. The van der Waals surface area contributed by atoms with Crippen LogP contribution >= 0.6 is 34.4 Å². The van der Waals surface area contributed by atoms with E-state index < -0.39 is 5.91 Å². The maximum absolute atomic E-state index is 13.1. The lowest BCUT2D eigenvalue weighted by atomic mass is 10.1. The average Bonchev–Trinajstić information content (AvgIpc) is 3.19. The normalized spacial score (nSPS) is 14.2. The van der Waals surface area contributed by atoms with Crippen molar-refractivity contribution in [3.63, 3.8) is 0 Å². The van der Waals surface area contributed by atoms with Crippen molar-refractivity contribution in [3.05, 3.63) is 110 Å². The second-order valence-corrected chi connectivity index (χ2v) is 10.7. The van der Waals surface area contributed by atoms with E-state index >= 15 is 0 Å². The molecule has 4 aromatic rings. The molecule has 1 aliphatic heterocycles. The van der Waals surface area contributed by atoms with Crippen LogP contribution in [0.4, 0.5) is 4.79 Å². The highest BCUT2D eigenvalue weighted by atomic mass is 127. The third kappa shape index (κ3) is 5.26. The van der Waals surface area contributed by atoms with Crippen LogP contribution in [0.5, 0.6) is 11.5 Å². The fourth-order valence-electron chi connectivity index (χ4n) is 4.26. The zero-order valence-electron chi connectivity index (χ0n) is 20.3. The summed E-state index contributed by atoms with van der Waals surface area (Å²) in [7, 11) is 1.57. The van der Waals surface area contributed by atoms with E-state index in [0.717, 1.165) is 36.6 Å². The van der Waals surface area contributed by atoms with Gasteiger partial charge in [-0.25, -0.2) is 0 Å². The number of fused-ring (bicyclic) bond motifs is 1. The summed E-state index contributed by atoms with van der Waals surface area (Å²) >= 11 is 3.07. The van der Waals surface area contributed by atoms with Gasteiger partial charge in [0.1, 0.15) is 6.61 Å².